The Morgan fingerprint density at radius 2 is 1.62 bits per heavy atom. The molecule has 2 aromatic carbocycles. The van der Waals surface area contributed by atoms with Crippen LogP contribution in [0.5, 0.6) is 5.75 Å². The van der Waals surface area contributed by atoms with Crippen molar-refractivity contribution in [3.63, 3.8) is 0 Å². The molecular weight excluding hydrogens is 323 g/mol. The van der Waals surface area contributed by atoms with Crippen molar-refractivity contribution in [1.29, 1.82) is 0 Å². The van der Waals surface area contributed by atoms with Gasteiger partial charge in [0.1, 0.15) is 11.6 Å². The van der Waals surface area contributed by atoms with Crippen molar-refractivity contribution >= 4 is 0 Å². The van der Waals surface area contributed by atoms with Gasteiger partial charge in [0.25, 0.3) is 0 Å². The van der Waals surface area contributed by atoms with Crippen LogP contribution < -0.4 is 4.74 Å². The van der Waals surface area contributed by atoms with E-state index in [9.17, 15) is 4.39 Å². The number of ether oxygens (including phenoxy) is 1. The molecule has 2 aromatic rings. The highest BCUT2D eigenvalue weighted by atomic mass is 19.1. The summed E-state index contributed by atoms with van der Waals surface area (Å²) in [7, 11) is 1.61. The quantitative estimate of drug-likeness (QED) is 0.399. The molecule has 1 nitrogen and oxygen atoms in total. The topological polar surface area (TPSA) is 9.23 Å². The monoisotopic (exact) mass is 352 g/mol. The molecule has 0 aliphatic heterocycles. The van der Waals surface area contributed by atoms with E-state index in [4.69, 9.17) is 4.74 Å². The minimum atomic E-state index is -0.193. The second-order valence-electron chi connectivity index (χ2n) is 6.65. The van der Waals surface area contributed by atoms with Crippen LogP contribution in [0.1, 0.15) is 68.2 Å². The molecule has 0 amide bonds. The lowest BCUT2D eigenvalue weighted by Crippen LogP contribution is -1.96. The van der Waals surface area contributed by atoms with E-state index in [1.54, 1.807) is 13.2 Å². The molecule has 0 atom stereocenters. The van der Waals surface area contributed by atoms with E-state index in [0.29, 0.717) is 16.9 Å². The lowest BCUT2D eigenvalue weighted by atomic mass is 10.0. The van der Waals surface area contributed by atoms with Gasteiger partial charge in [-0.15, -0.1) is 0 Å². The third-order valence-electron chi connectivity index (χ3n) is 4.53. The van der Waals surface area contributed by atoms with E-state index in [2.05, 4.69) is 37.8 Å². The molecule has 0 saturated carbocycles. The van der Waals surface area contributed by atoms with Crippen LogP contribution in [0.2, 0.25) is 0 Å². The van der Waals surface area contributed by atoms with E-state index in [1.807, 2.05) is 12.1 Å². The highest BCUT2D eigenvalue weighted by molar-refractivity contribution is 5.51. The van der Waals surface area contributed by atoms with Gasteiger partial charge in [-0.25, -0.2) is 4.39 Å². The van der Waals surface area contributed by atoms with E-state index in [0.717, 1.165) is 37.7 Å². The molecule has 0 radical (unpaired) electrons. The van der Waals surface area contributed by atoms with Crippen molar-refractivity contribution in [1.82, 2.24) is 0 Å². The summed E-state index contributed by atoms with van der Waals surface area (Å²) in [6, 6.07) is 11.6. The maximum absolute atomic E-state index is 14.4. The van der Waals surface area contributed by atoms with Crippen molar-refractivity contribution in [3.8, 4) is 17.6 Å². The van der Waals surface area contributed by atoms with Gasteiger partial charge >= 0.3 is 0 Å². The van der Waals surface area contributed by atoms with Gasteiger partial charge < -0.3 is 4.74 Å². The maximum Gasteiger partial charge on any atom is 0.134 e. The predicted octanol–water partition coefficient (Wildman–Crippen LogP) is 6.31. The Hall–Kier alpha value is -2.27. The number of hydrogen-bond donors (Lipinski definition) is 0. The van der Waals surface area contributed by atoms with Crippen LogP contribution in [0.25, 0.3) is 0 Å². The van der Waals surface area contributed by atoms with Crippen LogP contribution in [0.4, 0.5) is 4.39 Å². The summed E-state index contributed by atoms with van der Waals surface area (Å²) < 4.78 is 19.8. The van der Waals surface area contributed by atoms with Gasteiger partial charge in [-0.3, -0.25) is 0 Å². The van der Waals surface area contributed by atoms with Gasteiger partial charge in [0.2, 0.25) is 0 Å². The molecule has 2 rings (SSSR count). The Kier molecular flexibility index (Phi) is 8.22. The molecule has 0 aliphatic carbocycles. The van der Waals surface area contributed by atoms with Gasteiger partial charge in [-0.2, -0.15) is 0 Å². The van der Waals surface area contributed by atoms with E-state index >= 15 is 0 Å². The second kappa shape index (κ2) is 10.7. The zero-order valence-electron chi connectivity index (χ0n) is 16.2. The summed E-state index contributed by atoms with van der Waals surface area (Å²) in [5.74, 6) is 6.63. The Bertz CT molecular complexity index is 750. The first kappa shape index (κ1) is 20.0. The molecule has 0 heterocycles. The molecule has 0 spiro atoms. The van der Waals surface area contributed by atoms with Crippen molar-refractivity contribution in [2.45, 2.75) is 58.8 Å². The lowest BCUT2D eigenvalue weighted by molar-refractivity contribution is 0.411. The Balaban J connectivity index is 2.16. The SMILES string of the molecule is CCCCCc1cc(OC)c(C#Cc2ccc(CCCC)cc2)cc1F. The minimum absolute atomic E-state index is 0.193. The molecule has 0 fully saturated rings. The number of aryl methyl sites for hydroxylation is 2. The smallest absolute Gasteiger partial charge is 0.134 e. The second-order valence-corrected chi connectivity index (χ2v) is 6.65. The molecular formula is C24H29FO. The fourth-order valence-electron chi connectivity index (χ4n) is 2.89. The average molecular weight is 352 g/mol. The summed E-state index contributed by atoms with van der Waals surface area (Å²) in [4.78, 5) is 0. The molecule has 0 saturated heterocycles. The Labute approximate surface area is 157 Å². The minimum Gasteiger partial charge on any atom is -0.495 e. The zero-order valence-corrected chi connectivity index (χ0v) is 16.2. The first-order valence-corrected chi connectivity index (χ1v) is 9.65. The molecule has 0 aliphatic rings. The van der Waals surface area contributed by atoms with Gasteiger partial charge in [0, 0.05) is 5.56 Å². The van der Waals surface area contributed by atoms with E-state index < -0.39 is 0 Å². The number of methoxy groups -OCH3 is 1. The summed E-state index contributed by atoms with van der Waals surface area (Å²) >= 11 is 0. The third kappa shape index (κ3) is 5.92. The standard InChI is InChI=1S/C24H29FO/c1-4-6-8-10-21-18-24(26-3)22(17-23(21)25)16-15-20-13-11-19(12-14-20)9-7-5-2/h11-14,17-18H,4-10H2,1-3H3. The fourth-order valence-corrected chi connectivity index (χ4v) is 2.89. The number of unbranched alkanes of at least 4 members (excludes halogenated alkanes) is 3. The number of benzene rings is 2. The van der Waals surface area contributed by atoms with Gasteiger partial charge in [0.05, 0.1) is 12.7 Å². The van der Waals surface area contributed by atoms with Gasteiger partial charge in [-0.1, -0.05) is 57.1 Å². The van der Waals surface area contributed by atoms with Crippen molar-refractivity contribution < 1.29 is 9.13 Å². The average Bonchev–Trinajstić information content (AvgIpc) is 2.67. The summed E-state index contributed by atoms with van der Waals surface area (Å²) in [6.07, 6.45) is 7.46. The highest BCUT2D eigenvalue weighted by Crippen LogP contribution is 2.24. The largest absolute Gasteiger partial charge is 0.495 e. The molecule has 0 bridgehead atoms. The number of halogens is 1. The fraction of sp³-hybridized carbons (Fsp3) is 0.417. The Morgan fingerprint density at radius 3 is 2.27 bits per heavy atom. The molecule has 138 valence electrons. The predicted molar refractivity (Wildman–Crippen MR) is 107 cm³/mol. The van der Waals surface area contributed by atoms with Crippen LogP contribution in [-0.2, 0) is 12.8 Å². The van der Waals surface area contributed by atoms with Crippen LogP contribution in [0.3, 0.4) is 0 Å². The van der Waals surface area contributed by atoms with Gasteiger partial charge in [-0.05, 0) is 61.1 Å². The molecule has 0 unspecified atom stereocenters. The van der Waals surface area contributed by atoms with Crippen LogP contribution in [0, 0.1) is 17.7 Å². The van der Waals surface area contributed by atoms with E-state index in [1.165, 1.54) is 24.5 Å². The maximum atomic E-state index is 14.4. The van der Waals surface area contributed by atoms with Crippen LogP contribution in [-0.4, -0.2) is 7.11 Å². The lowest BCUT2D eigenvalue weighted by Gasteiger charge is -2.08. The molecule has 0 aromatic heterocycles. The molecule has 26 heavy (non-hydrogen) atoms. The van der Waals surface area contributed by atoms with Crippen LogP contribution >= 0.6 is 0 Å². The molecule has 2 heteroatoms. The molecule has 0 N–H and O–H groups in total. The summed E-state index contributed by atoms with van der Waals surface area (Å²) in [5.41, 5.74) is 3.57. The van der Waals surface area contributed by atoms with Gasteiger partial charge in [0.15, 0.2) is 0 Å². The first-order chi connectivity index (χ1) is 12.7. The Morgan fingerprint density at radius 1 is 0.885 bits per heavy atom. The zero-order chi connectivity index (χ0) is 18.8. The summed E-state index contributed by atoms with van der Waals surface area (Å²) in [5, 5.41) is 0. The summed E-state index contributed by atoms with van der Waals surface area (Å²) in [6.45, 7) is 4.34. The highest BCUT2D eigenvalue weighted by Gasteiger charge is 2.09. The van der Waals surface area contributed by atoms with Crippen LogP contribution in [0.15, 0.2) is 36.4 Å². The van der Waals surface area contributed by atoms with E-state index in [-0.39, 0.29) is 5.82 Å². The van der Waals surface area contributed by atoms with Crippen molar-refractivity contribution in [2.75, 3.05) is 7.11 Å². The number of rotatable bonds is 8. The number of hydrogen-bond acceptors (Lipinski definition) is 1. The van der Waals surface area contributed by atoms with Crippen molar-refractivity contribution in [2.24, 2.45) is 0 Å². The van der Waals surface area contributed by atoms with Crippen molar-refractivity contribution in [3.05, 3.63) is 64.5 Å². The third-order valence-corrected chi connectivity index (χ3v) is 4.53. The normalized spacial score (nSPS) is 10.3. The first-order valence-electron chi connectivity index (χ1n) is 9.65.